The molecule has 2 bridgehead atoms. The van der Waals surface area contributed by atoms with Gasteiger partial charge in [0.25, 0.3) is 0 Å². The summed E-state index contributed by atoms with van der Waals surface area (Å²) < 4.78 is 38.8. The molecule has 0 atom stereocenters. The van der Waals surface area contributed by atoms with Gasteiger partial charge in [-0.2, -0.15) is 13.2 Å². The molecule has 4 heterocycles. The lowest BCUT2D eigenvalue weighted by Crippen LogP contribution is -2.40. The molecule has 3 aliphatic rings. The maximum Gasteiger partial charge on any atom is 0.416 e. The lowest BCUT2D eigenvalue weighted by molar-refractivity contribution is -0.137. The molecule has 0 spiro atoms. The molecule has 2 aromatic rings. The number of hydrogen-bond acceptors (Lipinski definition) is 2. The fourth-order valence-corrected chi connectivity index (χ4v) is 3.99. The van der Waals surface area contributed by atoms with E-state index in [1.54, 1.807) is 12.1 Å². The largest absolute Gasteiger partial charge is 0.416 e. The van der Waals surface area contributed by atoms with E-state index >= 15 is 0 Å². The number of alkyl halides is 3. The molecule has 0 amide bonds. The van der Waals surface area contributed by atoms with Gasteiger partial charge in [0.2, 0.25) is 0 Å². The first-order valence-electron chi connectivity index (χ1n) is 9.12. The van der Waals surface area contributed by atoms with Crippen molar-refractivity contribution in [2.45, 2.75) is 51.1 Å². The molecule has 1 aromatic carbocycles. The third-order valence-corrected chi connectivity index (χ3v) is 5.51. The van der Waals surface area contributed by atoms with Crippen LogP contribution >= 0.6 is 0 Å². The van der Waals surface area contributed by atoms with Crippen LogP contribution in [0.4, 0.5) is 18.9 Å². The highest BCUT2D eigenvalue weighted by molar-refractivity contribution is 5.82. The predicted octanol–water partition coefficient (Wildman–Crippen LogP) is 5.76. The summed E-state index contributed by atoms with van der Waals surface area (Å²) in [5.74, 6) is 0.463. The molecule has 26 heavy (non-hydrogen) atoms. The Kier molecular flexibility index (Phi) is 3.83. The SMILES string of the molecule is CC(C)(C)c1cc(-c2ccc(C(F)(F)F)cc2)c2c(n1)C1CCN2CC1. The third kappa shape index (κ3) is 2.87. The van der Waals surface area contributed by atoms with Crippen molar-refractivity contribution in [3.8, 4) is 11.1 Å². The van der Waals surface area contributed by atoms with Crippen LogP contribution in [0.3, 0.4) is 0 Å². The molecule has 0 saturated carbocycles. The van der Waals surface area contributed by atoms with Crippen LogP contribution in [-0.4, -0.2) is 18.1 Å². The van der Waals surface area contributed by atoms with E-state index in [-0.39, 0.29) is 5.41 Å². The van der Waals surface area contributed by atoms with Gasteiger partial charge in [-0.15, -0.1) is 0 Å². The molecule has 0 N–H and O–H groups in total. The zero-order valence-electron chi connectivity index (χ0n) is 15.3. The van der Waals surface area contributed by atoms with Gasteiger partial charge in [0.15, 0.2) is 0 Å². The Morgan fingerprint density at radius 3 is 2.15 bits per heavy atom. The number of aromatic nitrogens is 1. The number of anilines is 1. The van der Waals surface area contributed by atoms with Gasteiger partial charge in [-0.3, -0.25) is 4.98 Å². The van der Waals surface area contributed by atoms with Gasteiger partial charge in [0.1, 0.15) is 0 Å². The summed E-state index contributed by atoms with van der Waals surface area (Å²) in [6.07, 6.45) is -2.09. The minimum atomic E-state index is -4.31. The van der Waals surface area contributed by atoms with Crippen molar-refractivity contribution in [3.05, 3.63) is 47.3 Å². The summed E-state index contributed by atoms with van der Waals surface area (Å²) in [5, 5.41) is 0. The molecular formula is C21H23F3N2. The molecular weight excluding hydrogens is 337 g/mol. The Bertz CT molecular complexity index is 824. The number of hydrogen-bond donors (Lipinski definition) is 0. The van der Waals surface area contributed by atoms with Gasteiger partial charge < -0.3 is 4.90 Å². The molecule has 1 fully saturated rings. The lowest BCUT2D eigenvalue weighted by atomic mass is 9.81. The van der Waals surface area contributed by atoms with E-state index in [0.29, 0.717) is 5.92 Å². The van der Waals surface area contributed by atoms with Crippen molar-refractivity contribution in [2.75, 3.05) is 18.0 Å². The van der Waals surface area contributed by atoms with E-state index in [4.69, 9.17) is 4.98 Å². The van der Waals surface area contributed by atoms with Crippen LogP contribution in [-0.2, 0) is 11.6 Å². The number of rotatable bonds is 1. The van der Waals surface area contributed by atoms with Crippen molar-refractivity contribution in [2.24, 2.45) is 0 Å². The summed E-state index contributed by atoms with van der Waals surface area (Å²) >= 11 is 0. The van der Waals surface area contributed by atoms with E-state index < -0.39 is 11.7 Å². The zero-order chi connectivity index (χ0) is 18.7. The van der Waals surface area contributed by atoms with Gasteiger partial charge in [0, 0.05) is 35.7 Å². The van der Waals surface area contributed by atoms with E-state index in [0.717, 1.165) is 54.1 Å². The van der Waals surface area contributed by atoms with Gasteiger partial charge >= 0.3 is 6.18 Å². The Hall–Kier alpha value is -2.04. The Labute approximate surface area is 152 Å². The van der Waals surface area contributed by atoms with Gasteiger partial charge in [-0.05, 0) is 36.6 Å². The normalized spacial score (nSPS) is 17.5. The predicted molar refractivity (Wildman–Crippen MR) is 97.6 cm³/mol. The molecule has 3 aliphatic heterocycles. The summed E-state index contributed by atoms with van der Waals surface area (Å²) in [7, 11) is 0. The second kappa shape index (κ2) is 5.73. The number of nitrogens with zero attached hydrogens (tertiary/aromatic N) is 2. The molecule has 1 saturated heterocycles. The summed E-state index contributed by atoms with van der Waals surface area (Å²) in [4.78, 5) is 7.34. The van der Waals surface area contributed by atoms with Crippen LogP contribution in [0.25, 0.3) is 11.1 Å². The van der Waals surface area contributed by atoms with Crippen molar-refractivity contribution < 1.29 is 13.2 Å². The monoisotopic (exact) mass is 360 g/mol. The van der Waals surface area contributed by atoms with Crippen molar-refractivity contribution >= 4 is 5.69 Å². The second-order valence-electron chi connectivity index (χ2n) is 8.38. The van der Waals surface area contributed by atoms with Crippen LogP contribution in [0, 0.1) is 0 Å². The zero-order valence-corrected chi connectivity index (χ0v) is 15.3. The average molecular weight is 360 g/mol. The Morgan fingerprint density at radius 1 is 1.00 bits per heavy atom. The standard InChI is InChI=1S/C21H23F3N2/c1-20(2,3)17-12-16(13-4-6-15(7-5-13)21(22,23)24)19-18(25-17)14-8-10-26(19)11-9-14/h4-7,12,14H,8-11H2,1-3H3. The lowest BCUT2D eigenvalue weighted by Gasteiger charge is -2.43. The van der Waals surface area contributed by atoms with Crippen LogP contribution in [0.1, 0.15) is 56.5 Å². The van der Waals surface area contributed by atoms with Crippen molar-refractivity contribution in [1.29, 1.82) is 0 Å². The minimum absolute atomic E-state index is 0.109. The number of pyridine rings is 1. The first-order valence-corrected chi connectivity index (χ1v) is 9.12. The number of fused-ring (bicyclic) bond motifs is 2. The van der Waals surface area contributed by atoms with Crippen LogP contribution < -0.4 is 4.90 Å². The van der Waals surface area contributed by atoms with E-state index in [1.165, 1.54) is 12.1 Å². The molecule has 1 aromatic heterocycles. The van der Waals surface area contributed by atoms with Crippen LogP contribution in [0.15, 0.2) is 30.3 Å². The van der Waals surface area contributed by atoms with E-state index in [2.05, 4.69) is 31.7 Å². The maximum atomic E-state index is 12.9. The topological polar surface area (TPSA) is 16.1 Å². The van der Waals surface area contributed by atoms with E-state index in [1.807, 2.05) is 0 Å². The summed E-state index contributed by atoms with van der Waals surface area (Å²) in [5.41, 5.74) is 4.38. The third-order valence-electron chi connectivity index (χ3n) is 5.51. The highest BCUT2D eigenvalue weighted by Crippen LogP contribution is 2.47. The number of benzene rings is 1. The Morgan fingerprint density at radius 2 is 1.62 bits per heavy atom. The van der Waals surface area contributed by atoms with E-state index in [9.17, 15) is 13.2 Å². The second-order valence-corrected chi connectivity index (χ2v) is 8.38. The first kappa shape index (κ1) is 17.4. The molecule has 0 radical (unpaired) electrons. The van der Waals surface area contributed by atoms with Crippen molar-refractivity contribution in [3.63, 3.8) is 0 Å². The molecule has 5 rings (SSSR count). The average Bonchev–Trinajstić information content (AvgIpc) is 2.60. The van der Waals surface area contributed by atoms with Crippen LogP contribution in [0.5, 0.6) is 0 Å². The molecule has 2 nitrogen and oxygen atoms in total. The van der Waals surface area contributed by atoms with Crippen LogP contribution in [0.2, 0.25) is 0 Å². The highest BCUT2D eigenvalue weighted by atomic mass is 19.4. The van der Waals surface area contributed by atoms with Crippen molar-refractivity contribution in [1.82, 2.24) is 4.98 Å². The van der Waals surface area contributed by atoms with Gasteiger partial charge in [-0.1, -0.05) is 32.9 Å². The van der Waals surface area contributed by atoms with Gasteiger partial charge in [-0.25, -0.2) is 0 Å². The Balaban J connectivity index is 1.89. The first-order chi connectivity index (χ1) is 12.1. The molecule has 138 valence electrons. The number of halogens is 3. The highest BCUT2D eigenvalue weighted by Gasteiger charge is 2.36. The molecule has 0 aliphatic carbocycles. The fourth-order valence-electron chi connectivity index (χ4n) is 3.99. The smallest absolute Gasteiger partial charge is 0.370 e. The summed E-state index contributed by atoms with van der Waals surface area (Å²) in [6, 6.07) is 7.61. The molecule has 5 heteroatoms. The summed E-state index contributed by atoms with van der Waals surface area (Å²) in [6.45, 7) is 8.38. The fraction of sp³-hybridized carbons (Fsp3) is 0.476. The number of piperidine rings is 1. The minimum Gasteiger partial charge on any atom is -0.370 e. The quantitative estimate of drug-likeness (QED) is 0.642. The maximum absolute atomic E-state index is 12.9. The molecule has 0 unspecified atom stereocenters. The van der Waals surface area contributed by atoms with Gasteiger partial charge in [0.05, 0.1) is 16.9 Å².